The molecule has 1 N–H and O–H groups in total. The lowest BCUT2D eigenvalue weighted by atomic mass is 10.1. The molecular weight excluding hydrogens is 382 g/mol. The molecule has 10 heteroatoms. The Balaban J connectivity index is 0.00000243. The highest BCUT2D eigenvalue weighted by molar-refractivity contribution is 7.89. The van der Waals surface area contributed by atoms with E-state index in [1.54, 1.807) is 11.0 Å². The van der Waals surface area contributed by atoms with Gasteiger partial charge in [-0.05, 0) is 18.2 Å². The number of morpholine rings is 1. The first-order chi connectivity index (χ1) is 12.0. The number of benzene rings is 1. The summed E-state index contributed by atoms with van der Waals surface area (Å²) in [6.07, 6.45) is 0. The highest BCUT2D eigenvalue weighted by Crippen LogP contribution is 2.26. The summed E-state index contributed by atoms with van der Waals surface area (Å²) in [7, 11) is -2.19. The maximum absolute atomic E-state index is 12.8. The number of carbonyl (C=O) groups excluding carboxylic acids is 1. The van der Waals surface area contributed by atoms with Gasteiger partial charge in [0.2, 0.25) is 10.0 Å². The highest BCUT2D eigenvalue weighted by Gasteiger charge is 2.29. The SMILES string of the molecule is COc1ccc(S(=O)(=O)N2CCOCC2)cc1C(=O)N1CCNCC1.Cl. The monoisotopic (exact) mass is 405 g/mol. The van der Waals surface area contributed by atoms with Crippen molar-refractivity contribution in [3.8, 4) is 5.75 Å². The number of halogens is 1. The summed E-state index contributed by atoms with van der Waals surface area (Å²) in [5.41, 5.74) is 0.277. The minimum atomic E-state index is -3.66. The number of sulfonamides is 1. The molecule has 8 nitrogen and oxygen atoms in total. The van der Waals surface area contributed by atoms with Crippen molar-refractivity contribution in [1.29, 1.82) is 0 Å². The number of rotatable bonds is 4. The van der Waals surface area contributed by atoms with E-state index in [1.165, 1.54) is 23.5 Å². The van der Waals surface area contributed by atoms with Gasteiger partial charge >= 0.3 is 0 Å². The fourth-order valence-electron chi connectivity index (χ4n) is 2.99. The van der Waals surface area contributed by atoms with Crippen LogP contribution < -0.4 is 10.1 Å². The molecule has 0 radical (unpaired) electrons. The first kappa shape index (κ1) is 20.9. The minimum absolute atomic E-state index is 0. The Morgan fingerprint density at radius 1 is 1.15 bits per heavy atom. The van der Waals surface area contributed by atoms with Crippen LogP contribution in [-0.4, -0.2) is 83.1 Å². The number of ether oxygens (including phenoxy) is 2. The molecule has 2 aliphatic rings. The molecule has 0 saturated carbocycles. The summed E-state index contributed by atoms with van der Waals surface area (Å²) in [5, 5.41) is 3.19. The zero-order chi connectivity index (χ0) is 17.9. The van der Waals surface area contributed by atoms with Gasteiger partial charge in [0.1, 0.15) is 5.75 Å². The van der Waals surface area contributed by atoms with Crippen LogP contribution in [0.2, 0.25) is 0 Å². The van der Waals surface area contributed by atoms with E-state index in [0.29, 0.717) is 45.1 Å². The Bertz CT molecular complexity index is 731. The van der Waals surface area contributed by atoms with E-state index in [1.807, 2.05) is 0 Å². The van der Waals surface area contributed by atoms with Crippen LogP contribution in [0.5, 0.6) is 5.75 Å². The number of carbonyl (C=O) groups is 1. The zero-order valence-corrected chi connectivity index (χ0v) is 16.3. The van der Waals surface area contributed by atoms with Gasteiger partial charge in [0.05, 0.1) is 30.8 Å². The molecule has 146 valence electrons. The third-order valence-electron chi connectivity index (χ3n) is 4.41. The summed E-state index contributed by atoms with van der Waals surface area (Å²) in [6, 6.07) is 4.45. The molecule has 2 fully saturated rings. The van der Waals surface area contributed by atoms with Crippen molar-refractivity contribution >= 4 is 28.3 Å². The van der Waals surface area contributed by atoms with Crippen LogP contribution in [0.3, 0.4) is 0 Å². The number of nitrogens with one attached hydrogen (secondary N) is 1. The molecule has 3 rings (SSSR count). The van der Waals surface area contributed by atoms with E-state index in [-0.39, 0.29) is 28.8 Å². The Labute approximate surface area is 159 Å². The summed E-state index contributed by atoms with van der Waals surface area (Å²) < 4.78 is 37.5. The lowest BCUT2D eigenvalue weighted by Crippen LogP contribution is -2.46. The molecule has 0 unspecified atom stereocenters. The molecule has 2 aliphatic heterocycles. The van der Waals surface area contributed by atoms with Gasteiger partial charge in [0.15, 0.2) is 0 Å². The molecule has 0 atom stereocenters. The smallest absolute Gasteiger partial charge is 0.257 e. The van der Waals surface area contributed by atoms with Crippen molar-refractivity contribution in [2.45, 2.75) is 4.90 Å². The van der Waals surface area contributed by atoms with Crippen molar-refractivity contribution in [2.24, 2.45) is 0 Å². The van der Waals surface area contributed by atoms with Crippen molar-refractivity contribution in [1.82, 2.24) is 14.5 Å². The molecule has 2 saturated heterocycles. The molecule has 1 aromatic rings. The molecule has 26 heavy (non-hydrogen) atoms. The Kier molecular flexibility index (Phi) is 7.24. The number of nitrogens with zero attached hydrogens (tertiary/aromatic N) is 2. The summed E-state index contributed by atoms with van der Waals surface area (Å²) in [5.74, 6) is 0.168. The van der Waals surface area contributed by atoms with Crippen molar-refractivity contribution in [2.75, 3.05) is 59.6 Å². The topological polar surface area (TPSA) is 88.2 Å². The van der Waals surface area contributed by atoms with Crippen LogP contribution in [-0.2, 0) is 14.8 Å². The summed E-state index contributed by atoms with van der Waals surface area (Å²) >= 11 is 0. The van der Waals surface area contributed by atoms with Gasteiger partial charge in [-0.15, -0.1) is 12.4 Å². The molecule has 2 heterocycles. The average molecular weight is 406 g/mol. The summed E-state index contributed by atoms with van der Waals surface area (Å²) in [4.78, 5) is 14.6. The number of hydrogen-bond donors (Lipinski definition) is 1. The van der Waals surface area contributed by atoms with E-state index in [2.05, 4.69) is 5.32 Å². The van der Waals surface area contributed by atoms with E-state index in [4.69, 9.17) is 9.47 Å². The van der Waals surface area contributed by atoms with Crippen LogP contribution in [0.1, 0.15) is 10.4 Å². The largest absolute Gasteiger partial charge is 0.496 e. The predicted molar refractivity (Wildman–Crippen MR) is 98.6 cm³/mol. The van der Waals surface area contributed by atoms with Crippen LogP contribution in [0.25, 0.3) is 0 Å². The van der Waals surface area contributed by atoms with Gasteiger partial charge in [-0.1, -0.05) is 0 Å². The van der Waals surface area contributed by atoms with Crippen LogP contribution in [0.4, 0.5) is 0 Å². The van der Waals surface area contributed by atoms with Gasteiger partial charge in [-0.25, -0.2) is 8.42 Å². The van der Waals surface area contributed by atoms with Gasteiger partial charge in [0, 0.05) is 39.3 Å². The van der Waals surface area contributed by atoms with Crippen molar-refractivity contribution < 1.29 is 22.7 Å². The minimum Gasteiger partial charge on any atom is -0.496 e. The quantitative estimate of drug-likeness (QED) is 0.769. The molecule has 0 bridgehead atoms. The van der Waals surface area contributed by atoms with Gasteiger partial charge in [-0.3, -0.25) is 4.79 Å². The molecule has 0 aromatic heterocycles. The Morgan fingerprint density at radius 2 is 1.81 bits per heavy atom. The number of hydrogen-bond acceptors (Lipinski definition) is 6. The lowest BCUT2D eigenvalue weighted by Gasteiger charge is -2.29. The number of amides is 1. The Hall–Kier alpha value is -1.39. The standard InChI is InChI=1S/C16H23N3O5S.ClH/c1-23-15-3-2-13(25(21,22)19-8-10-24-11-9-19)12-14(15)16(20)18-6-4-17-5-7-18;/h2-3,12,17H,4-11H2,1H3;1H. The molecule has 0 aliphatic carbocycles. The van der Waals surface area contributed by atoms with Crippen LogP contribution in [0, 0.1) is 0 Å². The van der Waals surface area contributed by atoms with Crippen molar-refractivity contribution in [3.05, 3.63) is 23.8 Å². The zero-order valence-electron chi connectivity index (χ0n) is 14.6. The number of methoxy groups -OCH3 is 1. The molecule has 1 amide bonds. The second-order valence-corrected chi connectivity index (χ2v) is 7.86. The predicted octanol–water partition coefficient (Wildman–Crippen LogP) is 0.183. The van der Waals surface area contributed by atoms with E-state index < -0.39 is 10.0 Å². The maximum Gasteiger partial charge on any atom is 0.257 e. The van der Waals surface area contributed by atoms with Crippen LogP contribution >= 0.6 is 12.4 Å². The lowest BCUT2D eigenvalue weighted by molar-refractivity contribution is 0.0726. The second-order valence-electron chi connectivity index (χ2n) is 5.92. The highest BCUT2D eigenvalue weighted by atomic mass is 35.5. The second kappa shape index (κ2) is 9.01. The third kappa shape index (κ3) is 4.29. The molecule has 1 aromatic carbocycles. The Morgan fingerprint density at radius 3 is 2.42 bits per heavy atom. The average Bonchev–Trinajstić information content (AvgIpc) is 2.68. The van der Waals surface area contributed by atoms with Gasteiger partial charge in [0.25, 0.3) is 5.91 Å². The molecule has 0 spiro atoms. The van der Waals surface area contributed by atoms with E-state index >= 15 is 0 Å². The fourth-order valence-corrected chi connectivity index (χ4v) is 4.42. The third-order valence-corrected chi connectivity index (χ3v) is 6.31. The fraction of sp³-hybridized carbons (Fsp3) is 0.562. The van der Waals surface area contributed by atoms with Gasteiger partial charge < -0.3 is 19.7 Å². The summed E-state index contributed by atoms with van der Waals surface area (Å²) in [6.45, 7) is 4.00. The molecular formula is C16H24ClN3O5S. The first-order valence-corrected chi connectivity index (χ1v) is 9.74. The normalized spacial score (nSPS) is 18.9. The number of piperazine rings is 1. The van der Waals surface area contributed by atoms with E-state index in [0.717, 1.165) is 13.1 Å². The van der Waals surface area contributed by atoms with Crippen molar-refractivity contribution in [3.63, 3.8) is 0 Å². The van der Waals surface area contributed by atoms with E-state index in [9.17, 15) is 13.2 Å². The maximum atomic E-state index is 12.8. The van der Waals surface area contributed by atoms with Crippen LogP contribution in [0.15, 0.2) is 23.1 Å². The first-order valence-electron chi connectivity index (χ1n) is 8.30. The van der Waals surface area contributed by atoms with Gasteiger partial charge in [-0.2, -0.15) is 4.31 Å².